The molecule has 100 valence electrons. The van der Waals surface area contributed by atoms with E-state index in [4.69, 9.17) is 12.2 Å². The van der Waals surface area contributed by atoms with Crippen LogP contribution in [0, 0.1) is 10.7 Å². The van der Waals surface area contributed by atoms with Gasteiger partial charge in [-0.3, -0.25) is 4.57 Å². The van der Waals surface area contributed by atoms with Gasteiger partial charge < -0.3 is 4.90 Å². The molecule has 4 nitrogen and oxygen atoms in total. The number of hydrogen-bond donors (Lipinski definition) is 1. The first-order valence-electron chi connectivity index (χ1n) is 7.23. The summed E-state index contributed by atoms with van der Waals surface area (Å²) in [7, 11) is 0. The maximum atomic E-state index is 5.31. The van der Waals surface area contributed by atoms with Crippen LogP contribution in [0.15, 0.2) is 0 Å². The molecule has 1 N–H and O–H groups in total. The smallest absolute Gasteiger partial charge is 0.225 e. The third kappa shape index (κ3) is 1.98. The molecule has 0 aromatic carbocycles. The summed E-state index contributed by atoms with van der Waals surface area (Å²) in [6.45, 7) is 4.18. The van der Waals surface area contributed by atoms with Crippen molar-refractivity contribution in [3.05, 3.63) is 4.77 Å². The molecular formula is C13H22N4S. The lowest BCUT2D eigenvalue weighted by atomic mass is 9.78. The van der Waals surface area contributed by atoms with Crippen molar-refractivity contribution in [1.29, 1.82) is 0 Å². The summed E-state index contributed by atoms with van der Waals surface area (Å²) in [5.41, 5.74) is 0. The van der Waals surface area contributed by atoms with Crippen molar-refractivity contribution in [3.8, 4) is 0 Å². The van der Waals surface area contributed by atoms with E-state index < -0.39 is 0 Å². The Labute approximate surface area is 113 Å². The van der Waals surface area contributed by atoms with Gasteiger partial charge in [0.15, 0.2) is 4.77 Å². The molecule has 1 saturated heterocycles. The van der Waals surface area contributed by atoms with E-state index in [9.17, 15) is 0 Å². The first-order valence-corrected chi connectivity index (χ1v) is 7.64. The predicted octanol–water partition coefficient (Wildman–Crippen LogP) is 3.12. The van der Waals surface area contributed by atoms with Crippen LogP contribution in [0.4, 0.5) is 5.95 Å². The number of aromatic nitrogens is 3. The van der Waals surface area contributed by atoms with E-state index in [-0.39, 0.29) is 0 Å². The van der Waals surface area contributed by atoms with Crippen LogP contribution in [0.2, 0.25) is 0 Å². The van der Waals surface area contributed by atoms with E-state index in [1.165, 1.54) is 38.5 Å². The van der Waals surface area contributed by atoms with Gasteiger partial charge in [-0.05, 0) is 50.7 Å². The summed E-state index contributed by atoms with van der Waals surface area (Å²) < 4.78 is 2.89. The summed E-state index contributed by atoms with van der Waals surface area (Å²) in [6, 6.07) is 0.697. The number of nitrogens with one attached hydrogen (secondary N) is 1. The fourth-order valence-corrected chi connectivity index (χ4v) is 3.94. The van der Waals surface area contributed by atoms with Crippen molar-refractivity contribution in [2.24, 2.45) is 5.92 Å². The Bertz CT molecular complexity index is 462. The van der Waals surface area contributed by atoms with E-state index in [0.717, 1.165) is 29.7 Å². The van der Waals surface area contributed by atoms with Crippen LogP contribution < -0.4 is 4.90 Å². The number of rotatable bonds is 2. The Morgan fingerprint density at radius 2 is 2.06 bits per heavy atom. The molecule has 2 unspecified atom stereocenters. The fourth-order valence-electron chi connectivity index (χ4n) is 3.69. The molecule has 1 aliphatic heterocycles. The van der Waals surface area contributed by atoms with Gasteiger partial charge in [-0.2, -0.15) is 0 Å². The largest absolute Gasteiger partial charge is 0.338 e. The maximum Gasteiger partial charge on any atom is 0.225 e. The third-order valence-corrected chi connectivity index (χ3v) is 4.87. The highest BCUT2D eigenvalue weighted by Crippen LogP contribution is 2.37. The Kier molecular flexibility index (Phi) is 3.41. The zero-order chi connectivity index (χ0) is 12.5. The number of piperidine rings is 1. The molecule has 5 heteroatoms. The second-order valence-corrected chi connectivity index (χ2v) is 5.91. The standard InChI is InChI=1S/C13H22N4S/c1-2-16-12(14-15-13(16)18)17-9-5-7-10-6-3-4-8-11(10)17/h10-11H,2-9H2,1H3,(H,15,18). The Morgan fingerprint density at radius 1 is 1.28 bits per heavy atom. The van der Waals surface area contributed by atoms with Crippen LogP contribution in [0.25, 0.3) is 0 Å². The van der Waals surface area contributed by atoms with Crippen LogP contribution in [-0.4, -0.2) is 27.4 Å². The molecule has 2 aliphatic rings. The third-order valence-electron chi connectivity index (χ3n) is 4.55. The molecule has 3 rings (SSSR count). The second kappa shape index (κ2) is 5.03. The zero-order valence-electron chi connectivity index (χ0n) is 11.1. The monoisotopic (exact) mass is 266 g/mol. The maximum absolute atomic E-state index is 5.31. The minimum absolute atomic E-state index is 0.697. The summed E-state index contributed by atoms with van der Waals surface area (Å²) in [5.74, 6) is 1.95. The van der Waals surface area contributed by atoms with Gasteiger partial charge in [-0.15, -0.1) is 5.10 Å². The topological polar surface area (TPSA) is 36.9 Å². The van der Waals surface area contributed by atoms with Gasteiger partial charge in [0.1, 0.15) is 0 Å². The number of aromatic amines is 1. The van der Waals surface area contributed by atoms with Crippen LogP contribution in [0.3, 0.4) is 0 Å². The highest BCUT2D eigenvalue weighted by molar-refractivity contribution is 7.71. The summed E-state index contributed by atoms with van der Waals surface area (Å²) in [5, 5.41) is 7.43. The van der Waals surface area contributed by atoms with Crippen LogP contribution in [0.5, 0.6) is 0 Å². The minimum Gasteiger partial charge on any atom is -0.338 e. The molecule has 2 atom stereocenters. The van der Waals surface area contributed by atoms with Crippen molar-refractivity contribution >= 4 is 18.2 Å². The van der Waals surface area contributed by atoms with Crippen molar-refractivity contribution in [1.82, 2.24) is 14.8 Å². The highest BCUT2D eigenvalue weighted by Gasteiger charge is 2.35. The van der Waals surface area contributed by atoms with Crippen LogP contribution in [-0.2, 0) is 6.54 Å². The van der Waals surface area contributed by atoms with E-state index in [0.29, 0.717) is 6.04 Å². The molecule has 0 amide bonds. The number of anilines is 1. The highest BCUT2D eigenvalue weighted by atomic mass is 32.1. The molecule has 1 aliphatic carbocycles. The molecule has 1 aromatic rings. The molecule has 2 heterocycles. The lowest BCUT2D eigenvalue weighted by Gasteiger charge is -2.44. The zero-order valence-corrected chi connectivity index (χ0v) is 11.9. The number of hydrogen-bond acceptors (Lipinski definition) is 3. The van der Waals surface area contributed by atoms with Crippen molar-refractivity contribution in [2.45, 2.75) is 58.0 Å². The predicted molar refractivity (Wildman–Crippen MR) is 75.4 cm³/mol. The Balaban J connectivity index is 1.91. The van der Waals surface area contributed by atoms with Gasteiger partial charge in [0.05, 0.1) is 0 Å². The van der Waals surface area contributed by atoms with Crippen LogP contribution in [0.1, 0.15) is 45.4 Å². The molecule has 0 spiro atoms. The molecule has 0 radical (unpaired) electrons. The lowest BCUT2D eigenvalue weighted by molar-refractivity contribution is 0.240. The van der Waals surface area contributed by atoms with Crippen LogP contribution >= 0.6 is 12.2 Å². The van der Waals surface area contributed by atoms with Gasteiger partial charge in [0.2, 0.25) is 5.95 Å². The van der Waals surface area contributed by atoms with E-state index in [1.54, 1.807) is 0 Å². The quantitative estimate of drug-likeness (QED) is 0.836. The normalized spacial score (nSPS) is 28.2. The molecule has 2 fully saturated rings. The van der Waals surface area contributed by atoms with Gasteiger partial charge in [-0.25, -0.2) is 5.10 Å². The van der Waals surface area contributed by atoms with Gasteiger partial charge >= 0.3 is 0 Å². The second-order valence-electron chi connectivity index (χ2n) is 5.52. The van der Waals surface area contributed by atoms with Gasteiger partial charge in [-0.1, -0.05) is 12.8 Å². The Hall–Kier alpha value is -0.840. The first kappa shape index (κ1) is 12.2. The average molecular weight is 266 g/mol. The van der Waals surface area contributed by atoms with E-state index in [1.807, 2.05) is 0 Å². The van der Waals surface area contributed by atoms with Crippen molar-refractivity contribution < 1.29 is 0 Å². The molecule has 1 saturated carbocycles. The molecular weight excluding hydrogens is 244 g/mol. The summed E-state index contributed by atoms with van der Waals surface area (Å²) in [4.78, 5) is 2.52. The van der Waals surface area contributed by atoms with E-state index >= 15 is 0 Å². The van der Waals surface area contributed by atoms with Crippen molar-refractivity contribution in [3.63, 3.8) is 0 Å². The number of fused-ring (bicyclic) bond motifs is 1. The number of H-pyrrole nitrogens is 1. The number of nitrogens with zero attached hydrogens (tertiary/aromatic N) is 3. The molecule has 0 bridgehead atoms. The fraction of sp³-hybridized carbons (Fsp3) is 0.846. The molecule has 1 aromatic heterocycles. The van der Waals surface area contributed by atoms with Gasteiger partial charge in [0, 0.05) is 19.1 Å². The van der Waals surface area contributed by atoms with Crippen molar-refractivity contribution in [2.75, 3.05) is 11.4 Å². The average Bonchev–Trinajstić information content (AvgIpc) is 2.79. The lowest BCUT2D eigenvalue weighted by Crippen LogP contribution is -2.48. The summed E-state index contributed by atoms with van der Waals surface area (Å²) in [6.07, 6.45) is 8.21. The van der Waals surface area contributed by atoms with Gasteiger partial charge in [0.25, 0.3) is 0 Å². The first-order chi connectivity index (χ1) is 8.81. The summed E-state index contributed by atoms with van der Waals surface area (Å²) >= 11 is 5.31. The van der Waals surface area contributed by atoms with E-state index in [2.05, 4.69) is 26.6 Å². The molecule has 18 heavy (non-hydrogen) atoms. The Morgan fingerprint density at radius 3 is 2.89 bits per heavy atom. The SMILES string of the molecule is CCn1c(N2CCCC3CCCCC32)n[nH]c1=S. The minimum atomic E-state index is 0.697.